The lowest BCUT2D eigenvalue weighted by Gasteiger charge is -2.29. The minimum atomic E-state index is -0.0297. The second kappa shape index (κ2) is 10.1. The topological polar surface area (TPSA) is 50.4 Å². The summed E-state index contributed by atoms with van der Waals surface area (Å²) < 4.78 is 5.87. The van der Waals surface area contributed by atoms with Crippen molar-refractivity contribution in [3.63, 3.8) is 0 Å². The summed E-state index contributed by atoms with van der Waals surface area (Å²) >= 11 is 0. The molecule has 4 atom stereocenters. The number of ether oxygens (including phenoxy) is 1. The van der Waals surface area contributed by atoms with Crippen LogP contribution >= 0.6 is 12.4 Å². The van der Waals surface area contributed by atoms with Crippen LogP contribution in [0.25, 0.3) is 0 Å². The molecule has 1 aromatic rings. The third-order valence-electron chi connectivity index (χ3n) is 5.46. The van der Waals surface area contributed by atoms with Crippen LogP contribution in [0.4, 0.5) is 0 Å². The molecule has 2 fully saturated rings. The summed E-state index contributed by atoms with van der Waals surface area (Å²) in [7, 11) is 0. The van der Waals surface area contributed by atoms with Gasteiger partial charge in [0.2, 0.25) is 5.91 Å². The zero-order chi connectivity index (χ0) is 16.8. The summed E-state index contributed by atoms with van der Waals surface area (Å²) in [4.78, 5) is 12.6. The van der Waals surface area contributed by atoms with Gasteiger partial charge in [-0.2, -0.15) is 0 Å². The lowest BCUT2D eigenvalue weighted by molar-refractivity contribution is -0.124. The molecule has 0 aliphatic carbocycles. The van der Waals surface area contributed by atoms with E-state index in [4.69, 9.17) is 4.74 Å². The first-order valence-electron chi connectivity index (χ1n) is 9.40. The molecular formula is C20H31ClN2O2. The Morgan fingerprint density at radius 2 is 2.08 bits per heavy atom. The van der Waals surface area contributed by atoms with Crippen LogP contribution in [0.3, 0.4) is 0 Å². The van der Waals surface area contributed by atoms with E-state index in [1.165, 1.54) is 12.8 Å². The highest BCUT2D eigenvalue weighted by molar-refractivity contribution is 5.85. The van der Waals surface area contributed by atoms with E-state index in [0.717, 1.165) is 38.1 Å². The van der Waals surface area contributed by atoms with Gasteiger partial charge >= 0.3 is 0 Å². The molecule has 0 saturated carbocycles. The molecule has 0 aromatic heterocycles. The number of nitrogens with one attached hydrogen (secondary N) is 2. The fourth-order valence-corrected chi connectivity index (χ4v) is 3.97. The van der Waals surface area contributed by atoms with E-state index in [1.807, 2.05) is 18.2 Å². The van der Waals surface area contributed by atoms with Crippen LogP contribution in [-0.2, 0) is 9.53 Å². The number of hydrogen-bond donors (Lipinski definition) is 2. The number of hydrogen-bond acceptors (Lipinski definition) is 3. The van der Waals surface area contributed by atoms with Crippen LogP contribution < -0.4 is 10.6 Å². The fourth-order valence-electron chi connectivity index (χ4n) is 3.97. The largest absolute Gasteiger partial charge is 0.376 e. The SMILES string of the molecule is CC(CC(=O)NC(c1ccccc1)C1CCCO1)C1CCCNC1.Cl. The minimum Gasteiger partial charge on any atom is -0.376 e. The second-order valence-corrected chi connectivity index (χ2v) is 7.30. The maximum atomic E-state index is 12.6. The smallest absolute Gasteiger partial charge is 0.220 e. The van der Waals surface area contributed by atoms with Crippen molar-refractivity contribution in [1.29, 1.82) is 0 Å². The molecule has 2 heterocycles. The predicted octanol–water partition coefficient (Wildman–Crippen LogP) is 3.47. The third kappa shape index (κ3) is 5.70. The van der Waals surface area contributed by atoms with Gasteiger partial charge in [0.25, 0.3) is 0 Å². The lowest BCUT2D eigenvalue weighted by atomic mass is 9.85. The molecule has 0 spiro atoms. The molecule has 1 amide bonds. The van der Waals surface area contributed by atoms with Crippen molar-refractivity contribution >= 4 is 18.3 Å². The number of benzene rings is 1. The monoisotopic (exact) mass is 366 g/mol. The van der Waals surface area contributed by atoms with E-state index in [9.17, 15) is 4.79 Å². The Hall–Kier alpha value is -1.10. The van der Waals surface area contributed by atoms with Crippen LogP contribution in [-0.4, -0.2) is 31.7 Å². The highest BCUT2D eigenvalue weighted by Gasteiger charge is 2.30. The van der Waals surface area contributed by atoms with Gasteiger partial charge in [-0.05, 0) is 56.2 Å². The number of rotatable bonds is 6. The summed E-state index contributed by atoms with van der Waals surface area (Å²) in [5, 5.41) is 6.71. The minimum absolute atomic E-state index is 0. The van der Waals surface area contributed by atoms with Crippen LogP contribution in [0.2, 0.25) is 0 Å². The average molecular weight is 367 g/mol. The average Bonchev–Trinajstić information content (AvgIpc) is 3.15. The van der Waals surface area contributed by atoms with Gasteiger partial charge in [-0.15, -0.1) is 12.4 Å². The molecule has 4 unspecified atom stereocenters. The summed E-state index contributed by atoms with van der Waals surface area (Å²) in [6.07, 6.45) is 5.25. The van der Waals surface area contributed by atoms with Gasteiger partial charge in [0.05, 0.1) is 12.1 Å². The summed E-state index contributed by atoms with van der Waals surface area (Å²) in [6, 6.07) is 10.2. The van der Waals surface area contributed by atoms with Crippen molar-refractivity contribution in [1.82, 2.24) is 10.6 Å². The Bertz CT molecular complexity index is 514. The number of carbonyl (C=O) groups excluding carboxylic acids is 1. The van der Waals surface area contributed by atoms with Gasteiger partial charge in [-0.3, -0.25) is 4.79 Å². The lowest BCUT2D eigenvalue weighted by Crippen LogP contribution is -2.39. The first kappa shape index (κ1) is 20.2. The molecule has 2 N–H and O–H groups in total. The Balaban J connectivity index is 0.00000225. The zero-order valence-electron chi connectivity index (χ0n) is 15.1. The molecule has 2 aliphatic heterocycles. The number of carbonyl (C=O) groups is 1. The van der Waals surface area contributed by atoms with Crippen molar-refractivity contribution in [2.45, 2.75) is 51.2 Å². The van der Waals surface area contributed by atoms with Crippen LogP contribution in [0.15, 0.2) is 30.3 Å². The first-order chi connectivity index (χ1) is 11.7. The number of piperidine rings is 1. The summed E-state index contributed by atoms with van der Waals surface area (Å²) in [5.74, 6) is 1.18. The quantitative estimate of drug-likeness (QED) is 0.810. The molecule has 2 aliphatic rings. The van der Waals surface area contributed by atoms with Crippen molar-refractivity contribution < 1.29 is 9.53 Å². The molecule has 5 heteroatoms. The zero-order valence-corrected chi connectivity index (χ0v) is 15.9. The van der Waals surface area contributed by atoms with E-state index in [0.29, 0.717) is 18.3 Å². The number of halogens is 1. The standard InChI is InChI=1S/C20H30N2O2.ClH/c1-15(17-9-5-11-21-14-17)13-19(23)22-20(18-10-6-12-24-18)16-7-3-2-4-8-16;/h2-4,7-8,15,17-18,20-21H,5-6,9-14H2,1H3,(H,22,23);1H. The van der Waals surface area contributed by atoms with Crippen LogP contribution in [0.5, 0.6) is 0 Å². The third-order valence-corrected chi connectivity index (χ3v) is 5.46. The molecule has 2 saturated heterocycles. The Labute approximate surface area is 157 Å². The van der Waals surface area contributed by atoms with Gasteiger partial charge in [0, 0.05) is 13.0 Å². The van der Waals surface area contributed by atoms with Crippen LogP contribution in [0, 0.1) is 11.8 Å². The Morgan fingerprint density at radius 3 is 2.72 bits per heavy atom. The molecule has 140 valence electrons. The van der Waals surface area contributed by atoms with Crippen molar-refractivity contribution in [2.75, 3.05) is 19.7 Å². The summed E-state index contributed by atoms with van der Waals surface area (Å²) in [6.45, 7) is 5.17. The van der Waals surface area contributed by atoms with Gasteiger partial charge in [0.1, 0.15) is 0 Å². The van der Waals surface area contributed by atoms with Crippen molar-refractivity contribution in [3.8, 4) is 0 Å². The van der Waals surface area contributed by atoms with Gasteiger partial charge in [0.15, 0.2) is 0 Å². The summed E-state index contributed by atoms with van der Waals surface area (Å²) in [5.41, 5.74) is 1.14. The maximum absolute atomic E-state index is 12.6. The molecule has 4 nitrogen and oxygen atoms in total. The van der Waals surface area contributed by atoms with E-state index in [2.05, 4.69) is 29.7 Å². The Morgan fingerprint density at radius 1 is 1.28 bits per heavy atom. The highest BCUT2D eigenvalue weighted by atomic mass is 35.5. The van der Waals surface area contributed by atoms with Gasteiger partial charge in [-0.25, -0.2) is 0 Å². The van der Waals surface area contributed by atoms with Gasteiger partial charge in [-0.1, -0.05) is 37.3 Å². The molecule has 0 bridgehead atoms. The molecular weight excluding hydrogens is 336 g/mol. The van der Waals surface area contributed by atoms with E-state index >= 15 is 0 Å². The highest BCUT2D eigenvalue weighted by Crippen LogP contribution is 2.28. The maximum Gasteiger partial charge on any atom is 0.220 e. The normalized spacial score (nSPS) is 25.6. The van der Waals surface area contributed by atoms with Crippen LogP contribution in [0.1, 0.15) is 50.6 Å². The predicted molar refractivity (Wildman–Crippen MR) is 103 cm³/mol. The second-order valence-electron chi connectivity index (χ2n) is 7.30. The molecule has 3 rings (SSSR count). The molecule has 0 radical (unpaired) electrons. The van der Waals surface area contributed by atoms with Crippen molar-refractivity contribution in [3.05, 3.63) is 35.9 Å². The first-order valence-corrected chi connectivity index (χ1v) is 9.40. The van der Waals surface area contributed by atoms with Crippen molar-refractivity contribution in [2.24, 2.45) is 11.8 Å². The Kier molecular flexibility index (Phi) is 8.20. The van der Waals surface area contributed by atoms with E-state index < -0.39 is 0 Å². The molecule has 1 aromatic carbocycles. The fraction of sp³-hybridized carbons (Fsp3) is 0.650. The van der Waals surface area contributed by atoms with Gasteiger partial charge < -0.3 is 15.4 Å². The van der Waals surface area contributed by atoms with E-state index in [1.54, 1.807) is 0 Å². The molecule has 25 heavy (non-hydrogen) atoms. The number of amides is 1. The van der Waals surface area contributed by atoms with E-state index in [-0.39, 0.29) is 30.5 Å².